The molecule has 12 heteroatoms. The molecule has 0 fully saturated rings. The molecule has 0 bridgehead atoms. The van der Waals surface area contributed by atoms with Crippen molar-refractivity contribution >= 4 is 23.7 Å². The molecule has 0 aromatic rings. The van der Waals surface area contributed by atoms with E-state index in [1.807, 2.05) is 0 Å². The zero-order valence-electron chi connectivity index (χ0n) is 16.9. The quantitative estimate of drug-likeness (QED) is 0.140. The van der Waals surface area contributed by atoms with Gasteiger partial charge in [-0.05, 0) is 46.6 Å². The number of aliphatic hydroxyl groups excluding tert-OH is 2. The lowest BCUT2D eigenvalue weighted by Gasteiger charge is -2.25. The molecule has 0 aliphatic carbocycles. The van der Waals surface area contributed by atoms with Crippen LogP contribution in [0.2, 0.25) is 0 Å². The molecule has 0 aromatic heterocycles. The number of nitrogens with one attached hydrogen (secondary N) is 3. The Bertz CT molecular complexity index is 570. The van der Waals surface area contributed by atoms with E-state index in [0.29, 0.717) is 19.4 Å². The zero-order chi connectivity index (χ0) is 22.7. The summed E-state index contributed by atoms with van der Waals surface area (Å²) in [4.78, 5) is 47.8. The minimum atomic E-state index is -1.43. The van der Waals surface area contributed by atoms with Crippen LogP contribution in [0.3, 0.4) is 0 Å². The summed E-state index contributed by atoms with van der Waals surface area (Å²) in [5.41, 5.74) is 10.9. The Labute approximate surface area is 169 Å². The molecule has 0 saturated carbocycles. The van der Waals surface area contributed by atoms with Gasteiger partial charge in [0.05, 0.1) is 12.2 Å². The van der Waals surface area contributed by atoms with Gasteiger partial charge in [-0.25, -0.2) is 4.79 Å². The molecule has 0 heterocycles. The van der Waals surface area contributed by atoms with Gasteiger partial charge < -0.3 is 42.7 Å². The van der Waals surface area contributed by atoms with E-state index in [4.69, 9.17) is 11.5 Å². The van der Waals surface area contributed by atoms with E-state index in [1.165, 1.54) is 20.8 Å². The van der Waals surface area contributed by atoms with Crippen LogP contribution in [0.4, 0.5) is 0 Å². The van der Waals surface area contributed by atoms with Crippen LogP contribution >= 0.6 is 0 Å². The zero-order valence-corrected chi connectivity index (χ0v) is 16.9. The van der Waals surface area contributed by atoms with Crippen LogP contribution < -0.4 is 27.4 Å². The van der Waals surface area contributed by atoms with Gasteiger partial charge in [0.1, 0.15) is 24.2 Å². The van der Waals surface area contributed by atoms with Crippen LogP contribution in [-0.4, -0.2) is 81.9 Å². The van der Waals surface area contributed by atoms with E-state index in [1.54, 1.807) is 0 Å². The van der Waals surface area contributed by atoms with Crippen molar-refractivity contribution in [1.29, 1.82) is 0 Å². The van der Waals surface area contributed by atoms with Gasteiger partial charge >= 0.3 is 5.97 Å². The first-order valence-corrected chi connectivity index (χ1v) is 9.38. The third kappa shape index (κ3) is 9.65. The van der Waals surface area contributed by atoms with Gasteiger partial charge in [0.25, 0.3) is 0 Å². The van der Waals surface area contributed by atoms with Gasteiger partial charge in [-0.2, -0.15) is 0 Å². The number of aliphatic hydroxyl groups is 2. The molecule has 0 saturated heterocycles. The Morgan fingerprint density at radius 3 is 1.90 bits per heavy atom. The summed E-state index contributed by atoms with van der Waals surface area (Å²) in [7, 11) is 0. The fraction of sp³-hybridized carbons (Fsp3) is 0.765. The van der Waals surface area contributed by atoms with Crippen LogP contribution in [0, 0.1) is 0 Å². The van der Waals surface area contributed by atoms with Crippen molar-refractivity contribution in [1.82, 2.24) is 16.0 Å². The average Bonchev–Trinajstić information content (AvgIpc) is 2.63. The monoisotopic (exact) mass is 419 g/mol. The summed E-state index contributed by atoms with van der Waals surface area (Å²) in [6, 6.07) is -5.01. The Kier molecular flexibility index (Phi) is 12.0. The number of carbonyl (C=O) groups excluding carboxylic acids is 3. The fourth-order valence-corrected chi connectivity index (χ4v) is 2.29. The first-order chi connectivity index (χ1) is 13.4. The van der Waals surface area contributed by atoms with E-state index < -0.39 is 60.1 Å². The van der Waals surface area contributed by atoms with Crippen LogP contribution in [-0.2, 0) is 19.2 Å². The smallest absolute Gasteiger partial charge is 0.326 e. The third-order valence-corrected chi connectivity index (χ3v) is 4.20. The summed E-state index contributed by atoms with van der Waals surface area (Å²) in [6.45, 7) is 4.27. The Hall–Kier alpha value is -2.28. The topological polar surface area (TPSA) is 217 Å². The maximum Gasteiger partial charge on any atom is 0.326 e. The van der Waals surface area contributed by atoms with Gasteiger partial charge in [0.2, 0.25) is 17.7 Å². The predicted molar refractivity (Wildman–Crippen MR) is 103 cm³/mol. The SMILES string of the molecule is CC(NC(=O)C(NC(=O)C(N)C(C)O)C(C)O)C(=O)NC(CCCCN)C(=O)O. The number of hydrogen-bond acceptors (Lipinski definition) is 8. The summed E-state index contributed by atoms with van der Waals surface area (Å²) >= 11 is 0. The minimum absolute atomic E-state index is 0.183. The normalized spacial score (nSPS) is 17.2. The van der Waals surface area contributed by atoms with Gasteiger partial charge in [-0.1, -0.05) is 0 Å². The largest absolute Gasteiger partial charge is 0.480 e. The molecular weight excluding hydrogens is 386 g/mol. The first-order valence-electron chi connectivity index (χ1n) is 9.38. The maximum absolute atomic E-state index is 12.4. The van der Waals surface area contributed by atoms with Crippen molar-refractivity contribution in [2.24, 2.45) is 11.5 Å². The second-order valence-electron chi connectivity index (χ2n) is 6.91. The highest BCUT2D eigenvalue weighted by Gasteiger charge is 2.31. The highest BCUT2D eigenvalue weighted by Crippen LogP contribution is 2.02. The number of hydrogen-bond donors (Lipinski definition) is 8. The molecule has 0 aliphatic heterocycles. The standard InChI is InChI=1S/C17H33N5O7/c1-8(14(25)21-11(17(28)29)6-4-5-7-18)20-16(27)13(10(3)24)22-15(26)12(19)9(2)23/h8-13,23-24H,4-7,18-19H2,1-3H3,(H,20,27)(H,21,25)(H,22,26)(H,28,29). The molecule has 0 rings (SSSR count). The molecule has 3 amide bonds. The van der Waals surface area contributed by atoms with E-state index in [-0.39, 0.29) is 6.42 Å². The maximum atomic E-state index is 12.4. The molecule has 6 atom stereocenters. The van der Waals surface area contributed by atoms with Gasteiger partial charge in [0.15, 0.2) is 0 Å². The molecule has 0 radical (unpaired) electrons. The van der Waals surface area contributed by atoms with Crippen molar-refractivity contribution in [3.63, 3.8) is 0 Å². The third-order valence-electron chi connectivity index (χ3n) is 4.20. The number of nitrogens with two attached hydrogens (primary N) is 2. The number of carboxylic acids is 1. The Balaban J connectivity index is 4.92. The lowest BCUT2D eigenvalue weighted by atomic mass is 10.1. The van der Waals surface area contributed by atoms with Gasteiger partial charge in [0, 0.05) is 0 Å². The minimum Gasteiger partial charge on any atom is -0.480 e. The van der Waals surface area contributed by atoms with E-state index in [0.717, 1.165) is 0 Å². The number of unbranched alkanes of at least 4 members (excludes halogenated alkanes) is 1. The molecule has 6 unspecified atom stereocenters. The highest BCUT2D eigenvalue weighted by molar-refractivity contribution is 5.94. The highest BCUT2D eigenvalue weighted by atomic mass is 16.4. The fourth-order valence-electron chi connectivity index (χ4n) is 2.29. The lowest BCUT2D eigenvalue weighted by Crippen LogP contribution is -2.60. The average molecular weight is 419 g/mol. The van der Waals surface area contributed by atoms with Crippen LogP contribution in [0.1, 0.15) is 40.0 Å². The van der Waals surface area contributed by atoms with Crippen molar-refractivity contribution in [3.8, 4) is 0 Å². The number of aliphatic carboxylic acids is 1. The summed E-state index contributed by atoms with van der Waals surface area (Å²) in [5, 5.41) is 35.2. The molecular formula is C17H33N5O7. The number of carboxylic acid groups (broad SMARTS) is 1. The predicted octanol–water partition coefficient (Wildman–Crippen LogP) is -3.24. The van der Waals surface area contributed by atoms with E-state index >= 15 is 0 Å². The lowest BCUT2D eigenvalue weighted by molar-refractivity contribution is -0.142. The van der Waals surface area contributed by atoms with E-state index in [9.17, 15) is 34.5 Å². The molecule has 0 aliphatic rings. The molecule has 168 valence electrons. The number of rotatable bonds is 13. The second kappa shape index (κ2) is 13.0. The first kappa shape index (κ1) is 26.7. The number of amides is 3. The second-order valence-corrected chi connectivity index (χ2v) is 6.91. The molecule has 12 nitrogen and oxygen atoms in total. The van der Waals surface area contributed by atoms with Crippen molar-refractivity contribution in [2.45, 2.75) is 76.4 Å². The van der Waals surface area contributed by atoms with Crippen molar-refractivity contribution < 1.29 is 34.5 Å². The van der Waals surface area contributed by atoms with Crippen LogP contribution in [0.5, 0.6) is 0 Å². The summed E-state index contributed by atoms with van der Waals surface area (Å²) in [6.07, 6.45) is -1.20. The van der Waals surface area contributed by atoms with Crippen LogP contribution in [0.15, 0.2) is 0 Å². The molecule has 0 spiro atoms. The van der Waals surface area contributed by atoms with Gasteiger partial charge in [-0.15, -0.1) is 0 Å². The van der Waals surface area contributed by atoms with Crippen molar-refractivity contribution in [2.75, 3.05) is 6.54 Å². The molecule has 10 N–H and O–H groups in total. The molecule has 29 heavy (non-hydrogen) atoms. The van der Waals surface area contributed by atoms with Gasteiger partial charge in [-0.3, -0.25) is 14.4 Å². The number of carbonyl (C=O) groups is 4. The Morgan fingerprint density at radius 2 is 1.45 bits per heavy atom. The van der Waals surface area contributed by atoms with Crippen molar-refractivity contribution in [3.05, 3.63) is 0 Å². The van der Waals surface area contributed by atoms with E-state index in [2.05, 4.69) is 16.0 Å². The molecule has 0 aromatic carbocycles. The summed E-state index contributed by atoms with van der Waals surface area (Å²) < 4.78 is 0. The summed E-state index contributed by atoms with van der Waals surface area (Å²) in [5.74, 6) is -3.68. The Morgan fingerprint density at radius 1 is 0.862 bits per heavy atom. The van der Waals surface area contributed by atoms with Crippen LogP contribution in [0.25, 0.3) is 0 Å².